The van der Waals surface area contributed by atoms with Gasteiger partial charge < -0.3 is 24.3 Å². The fourth-order valence-electron chi connectivity index (χ4n) is 5.13. The predicted molar refractivity (Wildman–Crippen MR) is 168 cm³/mol. The molecule has 41 heavy (non-hydrogen) atoms. The molecule has 1 N–H and O–H groups in total. The van der Waals surface area contributed by atoms with Gasteiger partial charge >= 0.3 is 0 Å². The summed E-state index contributed by atoms with van der Waals surface area (Å²) in [4.78, 5) is 18.8. The molecule has 1 amide bonds. The molecule has 8 heteroatoms. The van der Waals surface area contributed by atoms with E-state index in [9.17, 15) is 4.79 Å². The molecule has 1 unspecified atom stereocenters. The van der Waals surface area contributed by atoms with E-state index in [4.69, 9.17) is 14.5 Å². The lowest BCUT2D eigenvalue weighted by Crippen LogP contribution is -2.29. The van der Waals surface area contributed by atoms with Crippen LogP contribution in [0.25, 0.3) is 11.0 Å². The zero-order valence-corrected chi connectivity index (χ0v) is 25.1. The maximum atomic E-state index is 12.2. The number of carbonyl (C=O) groups is 1. The van der Waals surface area contributed by atoms with Gasteiger partial charge in [-0.25, -0.2) is 4.98 Å². The van der Waals surface area contributed by atoms with Crippen LogP contribution in [0.5, 0.6) is 17.2 Å². The summed E-state index contributed by atoms with van der Waals surface area (Å²) in [6.45, 7) is 6.01. The Kier molecular flexibility index (Phi) is 9.85. The summed E-state index contributed by atoms with van der Waals surface area (Å²) in [6.07, 6.45) is 5.59. The molecule has 1 saturated heterocycles. The molecule has 216 valence electrons. The van der Waals surface area contributed by atoms with Gasteiger partial charge in [-0.05, 0) is 66.9 Å². The van der Waals surface area contributed by atoms with Crippen LogP contribution in [0.3, 0.4) is 0 Å². The molecular formula is C33H40N4O3S. The van der Waals surface area contributed by atoms with Crippen LogP contribution in [0.2, 0.25) is 0 Å². The maximum absolute atomic E-state index is 12.2. The minimum atomic E-state index is 0.0601. The topological polar surface area (TPSA) is 68.6 Å². The van der Waals surface area contributed by atoms with Crippen molar-refractivity contribution in [3.8, 4) is 17.2 Å². The van der Waals surface area contributed by atoms with E-state index < -0.39 is 0 Å². The molecule has 5 rings (SSSR count). The number of thioether (sulfide) groups is 1. The van der Waals surface area contributed by atoms with Gasteiger partial charge in [0.15, 0.2) is 0 Å². The number of unbranched alkanes of at least 4 members (excludes halogenated alkanes) is 3. The molecule has 0 spiro atoms. The molecule has 0 aliphatic carbocycles. The normalized spacial score (nSPS) is 14.9. The quantitative estimate of drug-likeness (QED) is 0.173. The lowest BCUT2D eigenvalue weighted by molar-refractivity contribution is -0.116. The second-order valence-electron chi connectivity index (χ2n) is 10.6. The highest BCUT2D eigenvalue weighted by atomic mass is 32.2. The van der Waals surface area contributed by atoms with Crippen molar-refractivity contribution >= 4 is 34.4 Å². The van der Waals surface area contributed by atoms with E-state index in [-0.39, 0.29) is 5.91 Å². The van der Waals surface area contributed by atoms with Crippen molar-refractivity contribution < 1.29 is 14.3 Å². The van der Waals surface area contributed by atoms with Crippen molar-refractivity contribution in [2.45, 2.75) is 57.8 Å². The number of benzene rings is 3. The molecule has 1 fully saturated rings. The van der Waals surface area contributed by atoms with Gasteiger partial charge in [0.1, 0.15) is 29.7 Å². The first kappa shape index (κ1) is 29.0. The molecule has 7 nitrogen and oxygen atoms in total. The van der Waals surface area contributed by atoms with Gasteiger partial charge in [0, 0.05) is 49.9 Å². The first-order chi connectivity index (χ1) is 20.0. The first-order valence-corrected chi connectivity index (χ1v) is 15.6. The third-order valence-corrected chi connectivity index (χ3v) is 8.67. The second-order valence-corrected chi connectivity index (χ2v) is 11.9. The standard InChI is InChI=1S/C33H40N4O3S/c1-4-5-6-7-18-37(24(2)38)26-10-14-28(15-11-26)40-29-16-17-31-32(20-29)36(3)33(35-31)22-39-27-12-8-25(9-13-27)19-30-21-34-23-41-30/h8-17,20,30,34H,4-7,18-19,21-23H2,1-3H3. The van der Waals surface area contributed by atoms with Gasteiger partial charge in [-0.3, -0.25) is 4.79 Å². The van der Waals surface area contributed by atoms with E-state index in [1.807, 2.05) is 82.9 Å². The number of nitrogens with zero attached hydrogens (tertiary/aromatic N) is 3. The molecule has 1 aliphatic heterocycles. The first-order valence-electron chi connectivity index (χ1n) is 14.6. The Balaban J connectivity index is 1.19. The molecule has 1 atom stereocenters. The average Bonchev–Trinajstić information content (AvgIpc) is 3.60. The number of carbonyl (C=O) groups excluding carboxylic acids is 1. The minimum absolute atomic E-state index is 0.0601. The summed E-state index contributed by atoms with van der Waals surface area (Å²) in [6, 6.07) is 22.0. The Morgan fingerprint density at radius 2 is 1.78 bits per heavy atom. The SMILES string of the molecule is CCCCCCN(C(C)=O)c1ccc(Oc2ccc3nc(COc4ccc(CC5CNCS5)cc4)n(C)c3c2)cc1. The van der Waals surface area contributed by atoms with Crippen LogP contribution in [0, 0.1) is 0 Å². The van der Waals surface area contributed by atoms with Crippen molar-refractivity contribution in [1.29, 1.82) is 0 Å². The van der Waals surface area contributed by atoms with E-state index in [2.05, 4.69) is 24.4 Å². The molecular weight excluding hydrogens is 532 g/mol. The largest absolute Gasteiger partial charge is 0.486 e. The third-order valence-electron chi connectivity index (χ3n) is 7.49. The third kappa shape index (κ3) is 7.63. The van der Waals surface area contributed by atoms with Gasteiger partial charge in [-0.2, -0.15) is 0 Å². The smallest absolute Gasteiger partial charge is 0.223 e. The number of hydrogen-bond acceptors (Lipinski definition) is 6. The van der Waals surface area contributed by atoms with Gasteiger partial charge in [0.2, 0.25) is 5.91 Å². The lowest BCUT2D eigenvalue weighted by Gasteiger charge is -2.21. The Labute approximate surface area is 247 Å². The van der Waals surface area contributed by atoms with E-state index in [1.54, 1.807) is 6.92 Å². The van der Waals surface area contributed by atoms with Crippen molar-refractivity contribution in [2.75, 3.05) is 23.9 Å². The maximum Gasteiger partial charge on any atom is 0.223 e. The van der Waals surface area contributed by atoms with Crippen LogP contribution in [-0.2, 0) is 24.9 Å². The van der Waals surface area contributed by atoms with Gasteiger partial charge in [0.25, 0.3) is 0 Å². The van der Waals surface area contributed by atoms with Gasteiger partial charge in [0.05, 0.1) is 11.0 Å². The Morgan fingerprint density at radius 3 is 2.49 bits per heavy atom. The van der Waals surface area contributed by atoms with Crippen molar-refractivity contribution in [3.63, 3.8) is 0 Å². The summed E-state index contributed by atoms with van der Waals surface area (Å²) in [5, 5.41) is 4.05. The second kappa shape index (κ2) is 13.9. The summed E-state index contributed by atoms with van der Waals surface area (Å²) < 4.78 is 14.3. The number of aryl methyl sites for hydroxylation is 1. The minimum Gasteiger partial charge on any atom is -0.486 e. The Morgan fingerprint density at radius 1 is 1.02 bits per heavy atom. The van der Waals surface area contributed by atoms with E-state index >= 15 is 0 Å². The number of aromatic nitrogens is 2. The highest BCUT2D eigenvalue weighted by Gasteiger charge is 2.16. The Hall–Kier alpha value is -3.49. The predicted octanol–water partition coefficient (Wildman–Crippen LogP) is 7.08. The molecule has 4 aromatic rings. The lowest BCUT2D eigenvalue weighted by atomic mass is 10.1. The zero-order chi connectivity index (χ0) is 28.6. The zero-order valence-electron chi connectivity index (χ0n) is 24.3. The highest BCUT2D eigenvalue weighted by Crippen LogP contribution is 2.28. The summed E-state index contributed by atoms with van der Waals surface area (Å²) in [5.41, 5.74) is 4.10. The fraction of sp³-hybridized carbons (Fsp3) is 0.394. The number of amides is 1. The Bertz CT molecular complexity index is 1430. The number of fused-ring (bicyclic) bond motifs is 1. The number of rotatable bonds is 13. The number of imidazole rings is 1. The summed E-state index contributed by atoms with van der Waals surface area (Å²) >= 11 is 1.98. The van der Waals surface area contributed by atoms with Crippen LogP contribution >= 0.6 is 11.8 Å². The molecule has 0 radical (unpaired) electrons. The van der Waals surface area contributed by atoms with Crippen molar-refractivity contribution in [3.05, 3.63) is 78.1 Å². The number of hydrogen-bond donors (Lipinski definition) is 1. The average molecular weight is 573 g/mol. The molecule has 1 aromatic heterocycles. The van der Waals surface area contributed by atoms with Gasteiger partial charge in [-0.1, -0.05) is 38.3 Å². The van der Waals surface area contributed by atoms with E-state index in [0.717, 1.165) is 78.0 Å². The van der Waals surface area contributed by atoms with Crippen LogP contribution < -0.4 is 19.7 Å². The summed E-state index contributed by atoms with van der Waals surface area (Å²) in [7, 11) is 2.00. The fourth-order valence-corrected chi connectivity index (χ4v) is 6.14. The van der Waals surface area contributed by atoms with E-state index in [0.29, 0.717) is 11.9 Å². The number of ether oxygens (including phenoxy) is 2. The van der Waals surface area contributed by atoms with Crippen LogP contribution in [0.4, 0.5) is 5.69 Å². The number of anilines is 1. The van der Waals surface area contributed by atoms with Gasteiger partial charge in [-0.15, -0.1) is 11.8 Å². The molecule has 0 saturated carbocycles. The molecule has 2 heterocycles. The van der Waals surface area contributed by atoms with E-state index in [1.165, 1.54) is 18.4 Å². The van der Waals surface area contributed by atoms with Crippen LogP contribution in [0.15, 0.2) is 66.7 Å². The van der Waals surface area contributed by atoms with Crippen molar-refractivity contribution in [1.82, 2.24) is 14.9 Å². The summed E-state index contributed by atoms with van der Waals surface area (Å²) in [5.74, 6) is 4.25. The number of nitrogens with one attached hydrogen (secondary N) is 1. The monoisotopic (exact) mass is 572 g/mol. The molecule has 0 bridgehead atoms. The highest BCUT2D eigenvalue weighted by molar-refractivity contribution is 8.00. The molecule has 3 aromatic carbocycles. The van der Waals surface area contributed by atoms with Crippen molar-refractivity contribution in [2.24, 2.45) is 7.05 Å². The molecule has 1 aliphatic rings. The van der Waals surface area contributed by atoms with Crippen LogP contribution in [-0.4, -0.2) is 39.7 Å². The van der Waals surface area contributed by atoms with Crippen LogP contribution in [0.1, 0.15) is 50.9 Å².